The Balaban J connectivity index is 1.76. The minimum absolute atomic E-state index is 0.0286. The molecule has 1 aromatic carbocycles. The van der Waals surface area contributed by atoms with Crippen LogP contribution in [0.5, 0.6) is 0 Å². The highest BCUT2D eigenvalue weighted by molar-refractivity contribution is 6.30. The second-order valence-electron chi connectivity index (χ2n) is 5.73. The smallest absolute Gasteiger partial charge is 0.0669 e. The van der Waals surface area contributed by atoms with Crippen molar-refractivity contribution >= 4 is 11.6 Å². The van der Waals surface area contributed by atoms with Crippen LogP contribution in [0.1, 0.15) is 18.4 Å². The molecule has 1 atom stereocenters. The van der Waals surface area contributed by atoms with Crippen LogP contribution in [-0.4, -0.2) is 42.5 Å². The van der Waals surface area contributed by atoms with E-state index in [0.717, 1.165) is 44.3 Å². The Bertz CT molecular complexity index is 553. The molecule has 1 aliphatic rings. The molecule has 1 aromatic rings. The van der Waals surface area contributed by atoms with Gasteiger partial charge >= 0.3 is 0 Å². The van der Waals surface area contributed by atoms with Crippen LogP contribution in [0.2, 0.25) is 5.02 Å². The third-order valence-electron chi connectivity index (χ3n) is 4.03. The van der Waals surface area contributed by atoms with Gasteiger partial charge in [-0.15, -0.1) is 0 Å². The first-order valence-corrected chi connectivity index (χ1v) is 8.05. The largest absolute Gasteiger partial charge is 0.299 e. The number of nitriles is 2. The summed E-state index contributed by atoms with van der Waals surface area (Å²) in [4.78, 5) is 4.75. The maximum atomic E-state index is 9.15. The minimum Gasteiger partial charge on any atom is -0.299 e. The lowest BCUT2D eigenvalue weighted by Gasteiger charge is -2.35. The summed E-state index contributed by atoms with van der Waals surface area (Å²) in [6.07, 6.45) is 1.14. The Kier molecular flexibility index (Phi) is 6.68. The molecule has 1 fully saturated rings. The molecule has 0 amide bonds. The second kappa shape index (κ2) is 8.76. The van der Waals surface area contributed by atoms with E-state index in [1.54, 1.807) is 0 Å². The highest BCUT2D eigenvalue weighted by atomic mass is 35.5. The fourth-order valence-electron chi connectivity index (χ4n) is 2.77. The van der Waals surface area contributed by atoms with Gasteiger partial charge in [-0.2, -0.15) is 10.5 Å². The van der Waals surface area contributed by atoms with Gasteiger partial charge in [-0.3, -0.25) is 9.80 Å². The zero-order chi connectivity index (χ0) is 15.8. The van der Waals surface area contributed by atoms with Crippen LogP contribution in [0.25, 0.3) is 0 Å². The van der Waals surface area contributed by atoms with E-state index in [1.807, 2.05) is 18.2 Å². The van der Waals surface area contributed by atoms with Gasteiger partial charge < -0.3 is 0 Å². The first-order chi connectivity index (χ1) is 10.7. The molecule has 4 nitrogen and oxygen atoms in total. The van der Waals surface area contributed by atoms with Crippen LogP contribution in [-0.2, 0) is 6.54 Å². The Labute approximate surface area is 137 Å². The monoisotopic (exact) mass is 316 g/mol. The fraction of sp³-hybridized carbons (Fsp3) is 0.529. The van der Waals surface area contributed by atoms with Crippen LogP contribution in [0.4, 0.5) is 0 Å². The molecule has 0 unspecified atom stereocenters. The van der Waals surface area contributed by atoms with Gasteiger partial charge in [0.15, 0.2) is 0 Å². The molecular formula is C17H21ClN4. The lowest BCUT2D eigenvalue weighted by molar-refractivity contribution is 0.118. The summed E-state index contributed by atoms with van der Waals surface area (Å²) in [5.74, 6) is -0.0286. The van der Waals surface area contributed by atoms with Crippen molar-refractivity contribution in [2.75, 3.05) is 32.7 Å². The highest BCUT2D eigenvalue weighted by Gasteiger charge is 2.20. The van der Waals surface area contributed by atoms with Crippen molar-refractivity contribution in [2.45, 2.75) is 19.4 Å². The van der Waals surface area contributed by atoms with Crippen LogP contribution >= 0.6 is 11.6 Å². The standard InChI is InChI=1S/C17H21ClN4/c18-17-5-1-3-15(11-17)13-21-7-9-22(10-8-21)14-16(12-20)4-2-6-19/h1,3,5,11,16H,2,4,7-10,13-14H2/t16-/m0/s1. The van der Waals surface area contributed by atoms with Gasteiger partial charge in [-0.1, -0.05) is 23.7 Å². The number of nitrogens with zero attached hydrogens (tertiary/aromatic N) is 4. The Morgan fingerprint density at radius 2 is 1.86 bits per heavy atom. The number of benzene rings is 1. The van der Waals surface area contributed by atoms with E-state index in [1.165, 1.54) is 5.56 Å². The third-order valence-corrected chi connectivity index (χ3v) is 4.26. The summed E-state index contributed by atoms with van der Waals surface area (Å²) < 4.78 is 0. The van der Waals surface area contributed by atoms with Gasteiger partial charge in [0, 0.05) is 50.7 Å². The lowest BCUT2D eigenvalue weighted by atomic mass is 10.0. The van der Waals surface area contributed by atoms with Gasteiger partial charge in [-0.25, -0.2) is 0 Å². The molecule has 0 saturated carbocycles. The fourth-order valence-corrected chi connectivity index (χ4v) is 2.98. The number of halogens is 1. The Hall–Kier alpha value is -1.59. The van der Waals surface area contributed by atoms with Crippen LogP contribution in [0.3, 0.4) is 0 Å². The van der Waals surface area contributed by atoms with Crippen LogP contribution < -0.4 is 0 Å². The average Bonchev–Trinajstić information content (AvgIpc) is 2.53. The van der Waals surface area contributed by atoms with E-state index in [-0.39, 0.29) is 5.92 Å². The van der Waals surface area contributed by atoms with E-state index in [4.69, 9.17) is 22.1 Å². The van der Waals surface area contributed by atoms with E-state index >= 15 is 0 Å². The summed E-state index contributed by atoms with van der Waals surface area (Å²) in [5, 5.41) is 18.6. The molecule has 0 aliphatic carbocycles. The van der Waals surface area contributed by atoms with E-state index in [2.05, 4.69) is 28.0 Å². The van der Waals surface area contributed by atoms with Crippen molar-refractivity contribution in [3.63, 3.8) is 0 Å². The molecule has 1 heterocycles. The van der Waals surface area contributed by atoms with Gasteiger partial charge in [-0.05, 0) is 24.1 Å². The minimum atomic E-state index is -0.0286. The van der Waals surface area contributed by atoms with Crippen molar-refractivity contribution in [1.29, 1.82) is 10.5 Å². The van der Waals surface area contributed by atoms with Crippen molar-refractivity contribution in [2.24, 2.45) is 5.92 Å². The quantitative estimate of drug-likeness (QED) is 0.809. The topological polar surface area (TPSA) is 54.1 Å². The zero-order valence-corrected chi connectivity index (χ0v) is 13.5. The molecular weight excluding hydrogens is 296 g/mol. The predicted molar refractivity (Wildman–Crippen MR) is 87.1 cm³/mol. The second-order valence-corrected chi connectivity index (χ2v) is 6.17. The molecule has 0 bridgehead atoms. The summed E-state index contributed by atoms with van der Waals surface area (Å²) in [7, 11) is 0. The third kappa shape index (κ3) is 5.31. The first-order valence-electron chi connectivity index (χ1n) is 7.67. The summed E-state index contributed by atoms with van der Waals surface area (Å²) in [6, 6.07) is 12.4. The summed E-state index contributed by atoms with van der Waals surface area (Å²) in [6.45, 7) is 5.66. The molecule has 0 spiro atoms. The van der Waals surface area contributed by atoms with Gasteiger partial charge in [0.05, 0.1) is 18.1 Å². The first kappa shape index (κ1) is 16.8. The summed E-state index contributed by atoms with van der Waals surface area (Å²) in [5.41, 5.74) is 1.24. The maximum Gasteiger partial charge on any atom is 0.0669 e. The van der Waals surface area contributed by atoms with Gasteiger partial charge in [0.25, 0.3) is 0 Å². The van der Waals surface area contributed by atoms with Crippen molar-refractivity contribution in [1.82, 2.24) is 9.80 Å². The molecule has 5 heteroatoms. The SMILES string of the molecule is N#CCC[C@@H](C#N)CN1CCN(Cc2cccc(Cl)c2)CC1. The van der Waals surface area contributed by atoms with Gasteiger partial charge in [0.2, 0.25) is 0 Å². The maximum absolute atomic E-state index is 9.15. The molecule has 1 saturated heterocycles. The molecule has 0 N–H and O–H groups in total. The molecule has 1 aliphatic heterocycles. The van der Waals surface area contributed by atoms with Crippen LogP contribution in [0.15, 0.2) is 24.3 Å². The number of hydrogen-bond donors (Lipinski definition) is 0. The van der Waals surface area contributed by atoms with E-state index in [9.17, 15) is 0 Å². The normalized spacial score (nSPS) is 17.6. The van der Waals surface area contributed by atoms with Crippen LogP contribution in [0, 0.1) is 28.6 Å². The van der Waals surface area contributed by atoms with E-state index in [0.29, 0.717) is 12.8 Å². The number of rotatable bonds is 6. The molecule has 2 rings (SSSR count). The van der Waals surface area contributed by atoms with Crippen molar-refractivity contribution in [3.8, 4) is 12.1 Å². The molecule has 0 radical (unpaired) electrons. The zero-order valence-electron chi connectivity index (χ0n) is 12.7. The molecule has 116 valence electrons. The summed E-state index contributed by atoms with van der Waals surface area (Å²) >= 11 is 6.02. The predicted octanol–water partition coefficient (Wildman–Crippen LogP) is 2.90. The highest BCUT2D eigenvalue weighted by Crippen LogP contribution is 2.15. The van der Waals surface area contributed by atoms with Gasteiger partial charge in [0.1, 0.15) is 0 Å². The number of hydrogen-bond acceptors (Lipinski definition) is 4. The lowest BCUT2D eigenvalue weighted by Crippen LogP contribution is -2.47. The average molecular weight is 317 g/mol. The Morgan fingerprint density at radius 1 is 1.14 bits per heavy atom. The number of piperazine rings is 1. The molecule has 22 heavy (non-hydrogen) atoms. The Morgan fingerprint density at radius 3 is 2.50 bits per heavy atom. The van der Waals surface area contributed by atoms with Crippen molar-refractivity contribution in [3.05, 3.63) is 34.9 Å². The molecule has 0 aromatic heterocycles. The van der Waals surface area contributed by atoms with E-state index < -0.39 is 0 Å². The van der Waals surface area contributed by atoms with Crippen molar-refractivity contribution < 1.29 is 0 Å².